The lowest BCUT2D eigenvalue weighted by molar-refractivity contribution is -0.384. The van der Waals surface area contributed by atoms with Gasteiger partial charge >= 0.3 is 5.97 Å². The summed E-state index contributed by atoms with van der Waals surface area (Å²) < 4.78 is 26.3. The van der Waals surface area contributed by atoms with Gasteiger partial charge in [-0.1, -0.05) is 11.6 Å². The number of non-ortho nitro benzene ring substituents is 1. The number of hydrogen-bond donors (Lipinski definition) is 1. The van der Waals surface area contributed by atoms with Crippen LogP contribution in [0.25, 0.3) is 5.69 Å². The molecule has 1 aromatic heterocycles. The molecule has 0 radical (unpaired) electrons. The number of rotatable bonds is 4. The Morgan fingerprint density at radius 2 is 1.95 bits per heavy atom. The van der Waals surface area contributed by atoms with Gasteiger partial charge in [-0.3, -0.25) is 10.1 Å². The molecule has 0 saturated heterocycles. The Hall–Kier alpha value is -2.55. The molecule has 2 aromatic rings. The Balaban J connectivity index is 2.56. The summed E-state index contributed by atoms with van der Waals surface area (Å²) in [6, 6.07) is 4.68. The highest BCUT2D eigenvalue weighted by molar-refractivity contribution is 6.33. The standard InChI is InChI=1S/C11H6ClF2N3O4/c12-9-7(11(18)19)8(10(13)14)15-16(9)5-1-3-6(4-2-5)17(20)21/h1-4,10H,(H,18,19). The first-order valence-corrected chi connectivity index (χ1v) is 5.75. The zero-order valence-corrected chi connectivity index (χ0v) is 10.8. The van der Waals surface area contributed by atoms with E-state index in [1.807, 2.05) is 0 Å². The van der Waals surface area contributed by atoms with Gasteiger partial charge in [0.2, 0.25) is 0 Å². The van der Waals surface area contributed by atoms with Gasteiger partial charge in [0.05, 0.1) is 10.6 Å². The van der Waals surface area contributed by atoms with E-state index in [9.17, 15) is 23.7 Å². The zero-order valence-electron chi connectivity index (χ0n) is 10.0. The molecular weight excluding hydrogens is 312 g/mol. The van der Waals surface area contributed by atoms with Crippen LogP contribution in [0.4, 0.5) is 14.5 Å². The van der Waals surface area contributed by atoms with Gasteiger partial charge in [-0.05, 0) is 12.1 Å². The molecule has 0 aliphatic carbocycles. The molecule has 0 aliphatic heterocycles. The first-order valence-electron chi connectivity index (χ1n) is 5.37. The fourth-order valence-corrected chi connectivity index (χ4v) is 1.96. The summed E-state index contributed by atoms with van der Waals surface area (Å²) in [7, 11) is 0. The molecular formula is C11H6ClF2N3O4. The van der Waals surface area contributed by atoms with Gasteiger partial charge in [-0.15, -0.1) is 0 Å². The van der Waals surface area contributed by atoms with Gasteiger partial charge in [0.1, 0.15) is 16.4 Å². The van der Waals surface area contributed by atoms with Crippen molar-refractivity contribution in [1.29, 1.82) is 0 Å². The van der Waals surface area contributed by atoms with E-state index in [1.165, 1.54) is 12.1 Å². The molecule has 0 unspecified atom stereocenters. The van der Waals surface area contributed by atoms with Crippen molar-refractivity contribution in [3.8, 4) is 5.69 Å². The van der Waals surface area contributed by atoms with Crippen LogP contribution in [0.1, 0.15) is 22.5 Å². The molecule has 10 heteroatoms. The van der Waals surface area contributed by atoms with Crippen molar-refractivity contribution in [3.63, 3.8) is 0 Å². The second-order valence-corrected chi connectivity index (χ2v) is 4.20. The molecule has 1 heterocycles. The minimum absolute atomic E-state index is 0.125. The SMILES string of the molecule is O=C(O)c1c(C(F)F)nn(-c2ccc([N+](=O)[O-])cc2)c1Cl. The third-order valence-electron chi connectivity index (χ3n) is 2.58. The number of halogens is 3. The van der Waals surface area contributed by atoms with Crippen LogP contribution < -0.4 is 0 Å². The minimum Gasteiger partial charge on any atom is -0.478 e. The van der Waals surface area contributed by atoms with Crippen LogP contribution in [0.15, 0.2) is 24.3 Å². The molecule has 7 nitrogen and oxygen atoms in total. The average molecular weight is 318 g/mol. The Labute approximate surface area is 120 Å². The van der Waals surface area contributed by atoms with E-state index in [-0.39, 0.29) is 11.4 Å². The van der Waals surface area contributed by atoms with E-state index >= 15 is 0 Å². The highest BCUT2D eigenvalue weighted by Gasteiger charge is 2.28. The first kappa shape index (κ1) is 14.9. The van der Waals surface area contributed by atoms with Gasteiger partial charge in [-0.25, -0.2) is 18.3 Å². The van der Waals surface area contributed by atoms with Gasteiger partial charge in [0.15, 0.2) is 0 Å². The molecule has 0 saturated carbocycles. The Kier molecular flexibility index (Phi) is 3.85. The molecule has 1 N–H and O–H groups in total. The van der Waals surface area contributed by atoms with Crippen molar-refractivity contribution in [2.75, 3.05) is 0 Å². The molecule has 21 heavy (non-hydrogen) atoms. The molecule has 0 spiro atoms. The van der Waals surface area contributed by atoms with Crippen molar-refractivity contribution < 1.29 is 23.6 Å². The molecule has 0 aliphatic rings. The molecule has 0 amide bonds. The number of aromatic carboxylic acids is 1. The topological polar surface area (TPSA) is 98.3 Å². The third-order valence-corrected chi connectivity index (χ3v) is 2.93. The van der Waals surface area contributed by atoms with Gasteiger partial charge in [0.25, 0.3) is 12.1 Å². The maximum atomic E-state index is 12.8. The number of carboxylic acid groups (broad SMARTS) is 1. The van der Waals surface area contributed by atoms with Crippen molar-refractivity contribution in [3.05, 3.63) is 50.8 Å². The maximum absolute atomic E-state index is 12.8. The molecule has 2 rings (SSSR count). The number of nitrogens with zero attached hydrogens (tertiary/aromatic N) is 3. The smallest absolute Gasteiger partial charge is 0.341 e. The number of nitro groups is 1. The lowest BCUT2D eigenvalue weighted by Crippen LogP contribution is -2.01. The number of alkyl halides is 2. The quantitative estimate of drug-likeness (QED) is 0.690. The lowest BCUT2D eigenvalue weighted by Gasteiger charge is -2.02. The number of benzene rings is 1. The normalized spacial score (nSPS) is 10.9. The minimum atomic E-state index is -3.12. The summed E-state index contributed by atoms with van der Waals surface area (Å²) in [5, 5.41) is 22.4. The van der Waals surface area contributed by atoms with Crippen LogP contribution in [-0.4, -0.2) is 25.8 Å². The monoisotopic (exact) mass is 317 g/mol. The lowest BCUT2D eigenvalue weighted by atomic mass is 10.2. The summed E-state index contributed by atoms with van der Waals surface area (Å²) in [5.74, 6) is -1.64. The van der Waals surface area contributed by atoms with Crippen LogP contribution in [0.2, 0.25) is 5.15 Å². The Morgan fingerprint density at radius 1 is 1.38 bits per heavy atom. The van der Waals surface area contributed by atoms with Crippen LogP contribution in [0, 0.1) is 10.1 Å². The molecule has 0 bridgehead atoms. The molecule has 0 atom stereocenters. The van der Waals surface area contributed by atoms with Crippen molar-refractivity contribution >= 4 is 23.3 Å². The van der Waals surface area contributed by atoms with E-state index in [0.29, 0.717) is 0 Å². The van der Waals surface area contributed by atoms with Crippen LogP contribution in [0.3, 0.4) is 0 Å². The fourth-order valence-electron chi connectivity index (χ4n) is 1.65. The molecule has 1 aromatic carbocycles. The van der Waals surface area contributed by atoms with Gasteiger partial charge in [0, 0.05) is 12.1 Å². The second-order valence-electron chi connectivity index (χ2n) is 3.84. The number of nitro benzene ring substituents is 1. The Morgan fingerprint density at radius 3 is 2.33 bits per heavy atom. The van der Waals surface area contributed by atoms with Crippen molar-refractivity contribution in [2.45, 2.75) is 6.43 Å². The predicted octanol–water partition coefficient (Wildman–Crippen LogP) is 3.07. The maximum Gasteiger partial charge on any atom is 0.341 e. The predicted molar refractivity (Wildman–Crippen MR) is 67.1 cm³/mol. The molecule has 110 valence electrons. The van der Waals surface area contributed by atoms with E-state index in [4.69, 9.17) is 16.7 Å². The second kappa shape index (κ2) is 5.44. The van der Waals surface area contributed by atoms with E-state index in [1.54, 1.807) is 0 Å². The van der Waals surface area contributed by atoms with E-state index in [2.05, 4.69) is 5.10 Å². The van der Waals surface area contributed by atoms with Crippen molar-refractivity contribution in [2.24, 2.45) is 0 Å². The highest BCUT2D eigenvalue weighted by Crippen LogP contribution is 2.30. The Bertz CT molecular complexity index is 715. The summed E-state index contributed by atoms with van der Waals surface area (Å²) >= 11 is 5.76. The summed E-state index contributed by atoms with van der Waals surface area (Å²) in [6.45, 7) is 0. The number of aromatic nitrogens is 2. The van der Waals surface area contributed by atoms with Crippen LogP contribution >= 0.6 is 11.6 Å². The summed E-state index contributed by atoms with van der Waals surface area (Å²) in [5.41, 5.74) is -1.86. The average Bonchev–Trinajstić information content (AvgIpc) is 2.76. The van der Waals surface area contributed by atoms with Crippen molar-refractivity contribution in [1.82, 2.24) is 9.78 Å². The number of carbonyl (C=O) groups is 1. The summed E-state index contributed by atoms with van der Waals surface area (Å²) in [6.07, 6.45) is -3.12. The van der Waals surface area contributed by atoms with Gasteiger partial charge in [-0.2, -0.15) is 5.10 Å². The highest BCUT2D eigenvalue weighted by atomic mass is 35.5. The van der Waals surface area contributed by atoms with Crippen LogP contribution in [0.5, 0.6) is 0 Å². The van der Waals surface area contributed by atoms with Gasteiger partial charge < -0.3 is 5.11 Å². The number of carboxylic acids is 1. The number of hydrogen-bond acceptors (Lipinski definition) is 4. The largest absolute Gasteiger partial charge is 0.478 e. The molecule has 0 fully saturated rings. The fraction of sp³-hybridized carbons (Fsp3) is 0.0909. The third kappa shape index (κ3) is 2.68. The zero-order chi connectivity index (χ0) is 15.7. The van der Waals surface area contributed by atoms with E-state index in [0.717, 1.165) is 16.8 Å². The first-order chi connectivity index (χ1) is 9.82. The van der Waals surface area contributed by atoms with E-state index < -0.39 is 33.7 Å². The van der Waals surface area contributed by atoms with Crippen LogP contribution in [-0.2, 0) is 0 Å². The summed E-state index contributed by atoms with van der Waals surface area (Å²) in [4.78, 5) is 20.9.